The first-order valence-corrected chi connectivity index (χ1v) is 7.43. The molecule has 0 saturated carbocycles. The molecule has 2 rings (SSSR count). The SMILES string of the molecule is CCC1CCC(C)N1C(=O)N1CCOC(CC(=O)O)C1. The molecule has 0 aromatic carbocycles. The van der Waals surface area contributed by atoms with Crippen LogP contribution in [0.5, 0.6) is 0 Å². The summed E-state index contributed by atoms with van der Waals surface area (Å²) in [7, 11) is 0. The lowest BCUT2D eigenvalue weighted by atomic mass is 10.1. The quantitative estimate of drug-likeness (QED) is 0.853. The minimum atomic E-state index is -0.884. The van der Waals surface area contributed by atoms with E-state index in [9.17, 15) is 9.59 Å². The number of likely N-dealkylation sites (tertiary alicyclic amines) is 1. The van der Waals surface area contributed by atoms with Crippen molar-refractivity contribution in [3.63, 3.8) is 0 Å². The van der Waals surface area contributed by atoms with Crippen LogP contribution in [-0.4, -0.2) is 64.8 Å². The molecule has 0 aromatic rings. The third kappa shape index (κ3) is 3.23. The predicted octanol–water partition coefficient (Wildman–Crippen LogP) is 1.54. The summed E-state index contributed by atoms with van der Waals surface area (Å²) in [6.45, 7) is 5.54. The van der Waals surface area contributed by atoms with Gasteiger partial charge in [0.25, 0.3) is 0 Å². The van der Waals surface area contributed by atoms with Gasteiger partial charge >= 0.3 is 12.0 Å². The van der Waals surface area contributed by atoms with E-state index in [1.54, 1.807) is 4.90 Å². The molecular formula is C14H24N2O4. The standard InChI is InChI=1S/C14H24N2O4/c1-3-11-5-4-10(2)16(11)14(19)15-6-7-20-12(9-15)8-13(17)18/h10-12H,3-9H2,1-2H3,(H,17,18). The molecule has 20 heavy (non-hydrogen) atoms. The Hall–Kier alpha value is -1.30. The summed E-state index contributed by atoms with van der Waals surface area (Å²) in [5, 5.41) is 8.83. The lowest BCUT2D eigenvalue weighted by Gasteiger charge is -2.38. The number of ether oxygens (including phenoxy) is 1. The van der Waals surface area contributed by atoms with Crippen molar-refractivity contribution in [2.45, 2.75) is 57.7 Å². The Morgan fingerprint density at radius 2 is 2.10 bits per heavy atom. The number of amides is 2. The Labute approximate surface area is 119 Å². The second kappa shape index (κ2) is 6.43. The number of rotatable bonds is 3. The van der Waals surface area contributed by atoms with Gasteiger partial charge in [0.2, 0.25) is 0 Å². The average molecular weight is 284 g/mol. The molecule has 1 N–H and O–H groups in total. The Morgan fingerprint density at radius 3 is 2.75 bits per heavy atom. The molecule has 2 saturated heterocycles. The fraction of sp³-hybridized carbons (Fsp3) is 0.857. The molecule has 2 fully saturated rings. The number of nitrogens with zero attached hydrogens (tertiary/aromatic N) is 2. The normalized spacial score (nSPS) is 30.6. The van der Waals surface area contributed by atoms with Crippen LogP contribution in [0.1, 0.15) is 39.5 Å². The van der Waals surface area contributed by atoms with E-state index in [4.69, 9.17) is 9.84 Å². The molecule has 3 atom stereocenters. The van der Waals surface area contributed by atoms with Crippen LogP contribution in [0.2, 0.25) is 0 Å². The molecule has 2 amide bonds. The summed E-state index contributed by atoms with van der Waals surface area (Å²) in [4.78, 5) is 27.1. The summed E-state index contributed by atoms with van der Waals surface area (Å²) < 4.78 is 5.42. The number of carbonyl (C=O) groups is 2. The zero-order valence-electron chi connectivity index (χ0n) is 12.2. The summed E-state index contributed by atoms with van der Waals surface area (Å²) in [6.07, 6.45) is 2.65. The molecule has 0 aromatic heterocycles. The fourth-order valence-corrected chi connectivity index (χ4v) is 3.19. The van der Waals surface area contributed by atoms with Crippen molar-refractivity contribution in [3.05, 3.63) is 0 Å². The molecule has 0 radical (unpaired) electrons. The van der Waals surface area contributed by atoms with Gasteiger partial charge in [-0.1, -0.05) is 6.92 Å². The van der Waals surface area contributed by atoms with Gasteiger partial charge in [-0.3, -0.25) is 4.79 Å². The van der Waals surface area contributed by atoms with Gasteiger partial charge in [-0.05, 0) is 26.2 Å². The second-order valence-electron chi connectivity index (χ2n) is 5.71. The molecule has 2 heterocycles. The zero-order chi connectivity index (χ0) is 14.7. The van der Waals surface area contributed by atoms with Crippen LogP contribution in [0, 0.1) is 0 Å². The number of urea groups is 1. The Balaban J connectivity index is 1.99. The van der Waals surface area contributed by atoms with E-state index >= 15 is 0 Å². The lowest BCUT2D eigenvalue weighted by Crippen LogP contribution is -2.53. The Bertz CT molecular complexity index is 374. The molecule has 2 aliphatic heterocycles. The summed E-state index contributed by atoms with van der Waals surface area (Å²) in [5.74, 6) is -0.884. The van der Waals surface area contributed by atoms with E-state index in [0.717, 1.165) is 19.3 Å². The van der Waals surface area contributed by atoms with E-state index in [-0.39, 0.29) is 24.6 Å². The van der Waals surface area contributed by atoms with Gasteiger partial charge in [-0.15, -0.1) is 0 Å². The predicted molar refractivity (Wildman–Crippen MR) is 73.6 cm³/mol. The lowest BCUT2D eigenvalue weighted by molar-refractivity contribution is -0.141. The van der Waals surface area contributed by atoms with Gasteiger partial charge in [0.05, 0.1) is 19.1 Å². The average Bonchev–Trinajstić information content (AvgIpc) is 2.78. The number of hydrogen-bond donors (Lipinski definition) is 1. The number of aliphatic carboxylic acids is 1. The van der Waals surface area contributed by atoms with E-state index in [1.165, 1.54) is 0 Å². The van der Waals surface area contributed by atoms with Gasteiger partial charge in [0.15, 0.2) is 0 Å². The fourth-order valence-electron chi connectivity index (χ4n) is 3.19. The van der Waals surface area contributed by atoms with Crippen LogP contribution in [0.4, 0.5) is 4.79 Å². The number of carbonyl (C=O) groups excluding carboxylic acids is 1. The number of carboxylic acid groups (broad SMARTS) is 1. The minimum absolute atomic E-state index is 0.0422. The summed E-state index contributed by atoms with van der Waals surface area (Å²) in [6, 6.07) is 0.632. The smallest absolute Gasteiger partial charge is 0.320 e. The molecule has 0 aliphatic carbocycles. The largest absolute Gasteiger partial charge is 0.481 e. The summed E-state index contributed by atoms with van der Waals surface area (Å²) in [5.41, 5.74) is 0. The van der Waals surface area contributed by atoms with Crippen LogP contribution in [0.15, 0.2) is 0 Å². The van der Waals surface area contributed by atoms with Gasteiger partial charge in [-0.2, -0.15) is 0 Å². The molecule has 3 unspecified atom stereocenters. The Kier molecular flexibility index (Phi) is 4.86. The highest BCUT2D eigenvalue weighted by atomic mass is 16.5. The van der Waals surface area contributed by atoms with Gasteiger partial charge in [0.1, 0.15) is 0 Å². The topological polar surface area (TPSA) is 70.1 Å². The molecule has 114 valence electrons. The van der Waals surface area contributed by atoms with Crippen LogP contribution < -0.4 is 0 Å². The van der Waals surface area contributed by atoms with Crippen LogP contribution in [0.25, 0.3) is 0 Å². The third-order valence-electron chi connectivity index (χ3n) is 4.29. The van der Waals surface area contributed by atoms with Crippen molar-refractivity contribution in [1.82, 2.24) is 9.80 Å². The number of carboxylic acids is 1. The summed E-state index contributed by atoms with van der Waals surface area (Å²) >= 11 is 0. The van der Waals surface area contributed by atoms with Gasteiger partial charge in [-0.25, -0.2) is 4.79 Å². The first kappa shape index (κ1) is 15.1. The van der Waals surface area contributed by atoms with Crippen molar-refractivity contribution >= 4 is 12.0 Å². The molecule has 0 bridgehead atoms. The van der Waals surface area contributed by atoms with Crippen LogP contribution in [0.3, 0.4) is 0 Å². The van der Waals surface area contributed by atoms with Crippen molar-refractivity contribution in [2.75, 3.05) is 19.7 Å². The van der Waals surface area contributed by atoms with E-state index in [2.05, 4.69) is 13.8 Å². The highest BCUT2D eigenvalue weighted by molar-refractivity contribution is 5.76. The van der Waals surface area contributed by atoms with Crippen molar-refractivity contribution < 1.29 is 19.4 Å². The second-order valence-corrected chi connectivity index (χ2v) is 5.71. The van der Waals surface area contributed by atoms with Crippen molar-refractivity contribution in [2.24, 2.45) is 0 Å². The van der Waals surface area contributed by atoms with Crippen LogP contribution in [-0.2, 0) is 9.53 Å². The molecule has 6 heteroatoms. The molecular weight excluding hydrogens is 260 g/mol. The maximum atomic E-state index is 12.7. The van der Waals surface area contributed by atoms with E-state index in [1.807, 2.05) is 4.90 Å². The monoisotopic (exact) mass is 284 g/mol. The van der Waals surface area contributed by atoms with Gasteiger partial charge < -0.3 is 19.6 Å². The van der Waals surface area contributed by atoms with Crippen molar-refractivity contribution in [3.8, 4) is 0 Å². The minimum Gasteiger partial charge on any atom is -0.481 e. The number of morpholine rings is 1. The molecule has 0 spiro atoms. The highest BCUT2D eigenvalue weighted by Crippen LogP contribution is 2.27. The van der Waals surface area contributed by atoms with E-state index in [0.29, 0.717) is 25.7 Å². The highest BCUT2D eigenvalue weighted by Gasteiger charge is 2.37. The zero-order valence-corrected chi connectivity index (χ0v) is 12.2. The number of hydrogen-bond acceptors (Lipinski definition) is 3. The Morgan fingerprint density at radius 1 is 1.35 bits per heavy atom. The third-order valence-corrected chi connectivity index (χ3v) is 4.29. The van der Waals surface area contributed by atoms with E-state index < -0.39 is 5.97 Å². The maximum Gasteiger partial charge on any atom is 0.320 e. The molecule has 6 nitrogen and oxygen atoms in total. The molecule has 2 aliphatic rings. The van der Waals surface area contributed by atoms with Gasteiger partial charge in [0, 0.05) is 25.2 Å². The first-order valence-electron chi connectivity index (χ1n) is 7.43. The van der Waals surface area contributed by atoms with Crippen molar-refractivity contribution in [1.29, 1.82) is 0 Å². The first-order chi connectivity index (χ1) is 9.52. The van der Waals surface area contributed by atoms with Crippen LogP contribution >= 0.6 is 0 Å². The maximum absolute atomic E-state index is 12.7.